The first kappa shape index (κ1) is 27.8. The van der Waals surface area contributed by atoms with Crippen LogP contribution < -0.4 is 0 Å². The molecule has 0 amide bonds. The van der Waals surface area contributed by atoms with Crippen LogP contribution in [0.2, 0.25) is 0 Å². The summed E-state index contributed by atoms with van der Waals surface area (Å²) in [6.07, 6.45) is 14.2. The Labute approximate surface area is 257 Å². The molecule has 0 N–H and O–H groups in total. The number of rotatable bonds is 9. The van der Waals surface area contributed by atoms with E-state index in [2.05, 4.69) is 76.6 Å². The van der Waals surface area contributed by atoms with Crippen LogP contribution in [0.5, 0.6) is 0 Å². The maximum absolute atomic E-state index is 4.44. The van der Waals surface area contributed by atoms with Gasteiger partial charge >= 0.3 is 0 Å². The second kappa shape index (κ2) is 11.9. The van der Waals surface area contributed by atoms with E-state index in [4.69, 9.17) is 0 Å². The fraction of sp³-hybridized carbons (Fsp3) is 0.194. The molecule has 0 atom stereocenters. The minimum absolute atomic E-state index is 0.509. The van der Waals surface area contributed by atoms with Gasteiger partial charge in [0.25, 0.3) is 0 Å². The Bertz CT molecular complexity index is 1810. The molecular formula is C31H28N14. The van der Waals surface area contributed by atoms with Crippen molar-refractivity contribution in [2.24, 2.45) is 0 Å². The quantitative estimate of drug-likeness (QED) is 0.240. The predicted octanol–water partition coefficient (Wildman–Crippen LogP) is 3.51. The van der Waals surface area contributed by atoms with Gasteiger partial charge in [-0.1, -0.05) is 21.7 Å². The van der Waals surface area contributed by atoms with Crippen LogP contribution in [0.1, 0.15) is 33.4 Å². The molecule has 0 saturated heterocycles. The number of pyridine rings is 1. The number of hydrogen-bond acceptors (Lipinski definition) is 11. The van der Waals surface area contributed by atoms with E-state index >= 15 is 0 Å². The van der Waals surface area contributed by atoms with E-state index in [-0.39, 0.29) is 0 Å². The third-order valence-electron chi connectivity index (χ3n) is 7.81. The van der Waals surface area contributed by atoms with E-state index in [1.54, 1.807) is 43.1 Å². The maximum Gasteiger partial charge on any atom is 0.181 e. The Kier molecular flexibility index (Phi) is 7.35. The van der Waals surface area contributed by atoms with Crippen molar-refractivity contribution in [2.75, 3.05) is 0 Å². The molecule has 1 aromatic carbocycles. The molecule has 14 heteroatoms. The highest BCUT2D eigenvalue weighted by molar-refractivity contribution is 5.53. The lowest BCUT2D eigenvalue weighted by Crippen LogP contribution is -2.15. The highest BCUT2D eigenvalue weighted by atomic mass is 15.4. The minimum Gasteiger partial charge on any atom is -0.254 e. The van der Waals surface area contributed by atoms with Crippen molar-refractivity contribution < 1.29 is 0 Å². The van der Waals surface area contributed by atoms with Gasteiger partial charge in [-0.2, -0.15) is 0 Å². The zero-order valence-corrected chi connectivity index (χ0v) is 24.9. The van der Waals surface area contributed by atoms with Crippen LogP contribution in [-0.2, 0) is 19.6 Å². The fourth-order valence-electron chi connectivity index (χ4n) is 5.41. The monoisotopic (exact) mass is 596 g/mol. The first-order valence-corrected chi connectivity index (χ1v) is 14.3. The smallest absolute Gasteiger partial charge is 0.181 e. The molecule has 7 aromatic rings. The molecule has 14 nitrogen and oxygen atoms in total. The second-order valence-corrected chi connectivity index (χ2v) is 10.6. The van der Waals surface area contributed by atoms with E-state index in [0.717, 1.165) is 44.8 Å². The van der Waals surface area contributed by atoms with Gasteiger partial charge in [0.05, 0.1) is 43.9 Å². The third-order valence-corrected chi connectivity index (χ3v) is 7.81. The lowest BCUT2D eigenvalue weighted by molar-refractivity contribution is 0.618. The van der Waals surface area contributed by atoms with Crippen LogP contribution in [0, 0.1) is 20.8 Å². The summed E-state index contributed by atoms with van der Waals surface area (Å²) in [6, 6.07) is 9.29. The molecule has 45 heavy (non-hydrogen) atoms. The molecule has 0 aliphatic carbocycles. The van der Waals surface area contributed by atoms with Crippen LogP contribution in [0.3, 0.4) is 0 Å². The average molecular weight is 597 g/mol. The van der Waals surface area contributed by atoms with Crippen LogP contribution in [0.15, 0.2) is 79.9 Å². The van der Waals surface area contributed by atoms with E-state index in [1.807, 2.05) is 50.8 Å². The van der Waals surface area contributed by atoms with Gasteiger partial charge in [-0.3, -0.25) is 4.98 Å². The summed E-state index contributed by atoms with van der Waals surface area (Å²) in [5.41, 5.74) is 9.56. The SMILES string of the molecule is Cc1c(Cn2cc(-c3ccccn3)nn2)c(C)c(Cn2cc(-c3ncccn3)nn2)c(C)c1Cn1cc(-c2ncccn2)nn1. The van der Waals surface area contributed by atoms with Crippen molar-refractivity contribution in [3.63, 3.8) is 0 Å². The van der Waals surface area contributed by atoms with Gasteiger partial charge in [-0.25, -0.2) is 34.0 Å². The van der Waals surface area contributed by atoms with Gasteiger partial charge in [0.1, 0.15) is 17.1 Å². The summed E-state index contributed by atoms with van der Waals surface area (Å²) < 4.78 is 5.49. The molecule has 0 aliphatic heterocycles. The molecule has 0 radical (unpaired) electrons. The lowest BCUT2D eigenvalue weighted by atomic mass is 9.88. The molecule has 0 aliphatic rings. The number of aromatic nitrogens is 14. The molecule has 7 rings (SSSR count). The van der Waals surface area contributed by atoms with Gasteiger partial charge < -0.3 is 0 Å². The van der Waals surface area contributed by atoms with Crippen molar-refractivity contribution in [3.8, 4) is 34.4 Å². The largest absolute Gasteiger partial charge is 0.254 e. The summed E-state index contributed by atoms with van der Waals surface area (Å²) in [5.74, 6) is 1.06. The van der Waals surface area contributed by atoms with E-state index in [0.29, 0.717) is 42.7 Å². The normalized spacial score (nSPS) is 11.3. The lowest BCUT2D eigenvalue weighted by Gasteiger charge is -2.22. The van der Waals surface area contributed by atoms with E-state index in [1.165, 1.54) is 0 Å². The predicted molar refractivity (Wildman–Crippen MR) is 163 cm³/mol. The number of benzene rings is 1. The summed E-state index contributed by atoms with van der Waals surface area (Å²) in [5, 5.41) is 26.3. The minimum atomic E-state index is 0.509. The summed E-state index contributed by atoms with van der Waals surface area (Å²) in [7, 11) is 0. The Morgan fingerprint density at radius 2 is 0.844 bits per heavy atom. The molecule has 0 bridgehead atoms. The Morgan fingerprint density at radius 1 is 0.444 bits per heavy atom. The maximum atomic E-state index is 4.44. The van der Waals surface area contributed by atoms with Crippen LogP contribution in [-0.4, -0.2) is 69.9 Å². The topological polar surface area (TPSA) is 157 Å². The number of nitrogens with zero attached hydrogens (tertiary/aromatic N) is 14. The molecule has 0 fully saturated rings. The van der Waals surface area contributed by atoms with Crippen molar-refractivity contribution >= 4 is 0 Å². The second-order valence-electron chi connectivity index (χ2n) is 10.6. The number of hydrogen-bond donors (Lipinski definition) is 0. The van der Waals surface area contributed by atoms with Gasteiger partial charge in [0.15, 0.2) is 11.6 Å². The van der Waals surface area contributed by atoms with Gasteiger partial charge in [-0.15, -0.1) is 15.3 Å². The summed E-state index contributed by atoms with van der Waals surface area (Å²) >= 11 is 0. The Balaban J connectivity index is 1.26. The molecule has 0 unspecified atom stereocenters. The van der Waals surface area contributed by atoms with Crippen molar-refractivity contribution in [2.45, 2.75) is 40.4 Å². The third kappa shape index (κ3) is 5.68. The Hall–Kier alpha value is -6.05. The average Bonchev–Trinajstić information content (AvgIpc) is 3.87. The van der Waals surface area contributed by atoms with Crippen molar-refractivity contribution in [1.82, 2.24) is 69.9 Å². The molecule has 6 heterocycles. The first-order chi connectivity index (χ1) is 22.0. The summed E-state index contributed by atoms with van der Waals surface area (Å²) in [6.45, 7) is 7.97. The molecule has 222 valence electrons. The molecule has 6 aromatic heterocycles. The molecular weight excluding hydrogens is 568 g/mol. The van der Waals surface area contributed by atoms with E-state index in [9.17, 15) is 0 Å². The van der Waals surface area contributed by atoms with Crippen molar-refractivity contribution in [1.29, 1.82) is 0 Å². The molecule has 0 spiro atoms. The Morgan fingerprint density at radius 3 is 1.27 bits per heavy atom. The van der Waals surface area contributed by atoms with Gasteiger partial charge in [-0.05, 0) is 78.4 Å². The molecule has 0 saturated carbocycles. The standard InChI is InChI=1S/C31H28N14/c1-20-23(14-43-17-27(37-40-43)26-8-4-5-9-32-26)21(2)25(16-45-19-29(39-42-45)31-35-12-7-13-36-31)22(3)24(20)15-44-18-28(38-41-44)30-33-10-6-11-34-30/h4-13,17-19H,14-16H2,1-3H3. The zero-order chi connectivity index (χ0) is 30.8. The van der Waals surface area contributed by atoms with Gasteiger partial charge in [0.2, 0.25) is 0 Å². The zero-order valence-electron chi connectivity index (χ0n) is 24.9. The van der Waals surface area contributed by atoms with Crippen LogP contribution >= 0.6 is 0 Å². The highest BCUT2D eigenvalue weighted by Gasteiger charge is 2.20. The fourth-order valence-corrected chi connectivity index (χ4v) is 5.41. The first-order valence-electron chi connectivity index (χ1n) is 14.3. The summed E-state index contributed by atoms with van der Waals surface area (Å²) in [4.78, 5) is 21.7. The van der Waals surface area contributed by atoms with E-state index < -0.39 is 0 Å². The van der Waals surface area contributed by atoms with Crippen LogP contribution in [0.4, 0.5) is 0 Å². The van der Waals surface area contributed by atoms with Crippen molar-refractivity contribution in [3.05, 3.63) is 113 Å². The highest BCUT2D eigenvalue weighted by Crippen LogP contribution is 2.30. The van der Waals surface area contributed by atoms with Crippen LogP contribution in [0.25, 0.3) is 34.4 Å². The van der Waals surface area contributed by atoms with Gasteiger partial charge in [0, 0.05) is 31.0 Å².